The summed E-state index contributed by atoms with van der Waals surface area (Å²) in [6.07, 6.45) is 5.57. The van der Waals surface area contributed by atoms with Gasteiger partial charge in [-0.3, -0.25) is 4.79 Å². The summed E-state index contributed by atoms with van der Waals surface area (Å²) in [4.78, 5) is 26.6. The van der Waals surface area contributed by atoms with E-state index in [4.69, 9.17) is 0 Å². The SMILES string of the molecule is Cc1sc2ncnc(NCCC(=O)N3CC4(C)CC3CC(C)(C)C4)c2c1-c1ccccc1. The molecule has 1 aliphatic carbocycles. The molecule has 1 N–H and O–H groups in total. The normalized spacial score (nSPS) is 24.1. The van der Waals surface area contributed by atoms with E-state index in [9.17, 15) is 4.79 Å². The molecule has 168 valence electrons. The molecule has 5 nitrogen and oxygen atoms in total. The van der Waals surface area contributed by atoms with Gasteiger partial charge in [-0.15, -0.1) is 11.3 Å². The second-order valence-electron chi connectivity index (χ2n) is 10.7. The average Bonchev–Trinajstić information content (AvgIpc) is 3.20. The van der Waals surface area contributed by atoms with E-state index >= 15 is 0 Å². The van der Waals surface area contributed by atoms with E-state index in [1.54, 1.807) is 17.7 Å². The molecule has 5 rings (SSSR count). The van der Waals surface area contributed by atoms with E-state index in [2.05, 4.69) is 72.1 Å². The van der Waals surface area contributed by atoms with Gasteiger partial charge in [0.15, 0.2) is 0 Å². The Labute approximate surface area is 194 Å². The number of benzene rings is 1. The maximum absolute atomic E-state index is 13.1. The Morgan fingerprint density at radius 2 is 1.97 bits per heavy atom. The van der Waals surface area contributed by atoms with Crippen molar-refractivity contribution in [3.63, 3.8) is 0 Å². The highest BCUT2D eigenvalue weighted by Gasteiger charge is 2.50. The predicted molar refractivity (Wildman–Crippen MR) is 132 cm³/mol. The van der Waals surface area contributed by atoms with Gasteiger partial charge in [0.2, 0.25) is 5.91 Å². The minimum absolute atomic E-state index is 0.263. The number of carbonyl (C=O) groups excluding carboxylic acids is 1. The van der Waals surface area contributed by atoms with Gasteiger partial charge in [0.25, 0.3) is 0 Å². The Hall–Kier alpha value is -2.47. The van der Waals surface area contributed by atoms with Gasteiger partial charge in [0, 0.05) is 36.0 Å². The number of aryl methyl sites for hydroxylation is 1. The van der Waals surface area contributed by atoms with Crippen LogP contribution in [-0.4, -0.2) is 39.9 Å². The number of nitrogens with zero attached hydrogens (tertiary/aromatic N) is 3. The number of fused-ring (bicyclic) bond motifs is 3. The van der Waals surface area contributed by atoms with Crippen molar-refractivity contribution < 1.29 is 4.79 Å². The van der Waals surface area contributed by atoms with Crippen LogP contribution in [0, 0.1) is 17.8 Å². The number of anilines is 1. The molecule has 32 heavy (non-hydrogen) atoms. The van der Waals surface area contributed by atoms with E-state index in [-0.39, 0.29) is 11.3 Å². The number of carbonyl (C=O) groups is 1. The van der Waals surface area contributed by atoms with Crippen LogP contribution >= 0.6 is 11.3 Å². The Morgan fingerprint density at radius 3 is 2.75 bits per heavy atom. The number of hydrogen-bond acceptors (Lipinski definition) is 5. The number of likely N-dealkylation sites (tertiary alicyclic amines) is 1. The van der Waals surface area contributed by atoms with Crippen LogP contribution in [-0.2, 0) is 4.79 Å². The van der Waals surface area contributed by atoms with Gasteiger partial charge in [-0.05, 0) is 42.6 Å². The first-order valence-electron chi connectivity index (χ1n) is 11.6. The third kappa shape index (κ3) is 3.90. The molecule has 1 saturated heterocycles. The monoisotopic (exact) mass is 448 g/mol. The van der Waals surface area contributed by atoms with E-state index < -0.39 is 0 Å². The highest BCUT2D eigenvalue weighted by Crippen LogP contribution is 2.52. The van der Waals surface area contributed by atoms with Crippen LogP contribution in [0.1, 0.15) is 51.3 Å². The highest BCUT2D eigenvalue weighted by atomic mass is 32.1. The van der Waals surface area contributed by atoms with Crippen LogP contribution in [0.25, 0.3) is 21.3 Å². The van der Waals surface area contributed by atoms with Crippen LogP contribution in [0.5, 0.6) is 0 Å². The number of rotatable bonds is 5. The number of amides is 1. The first-order valence-corrected chi connectivity index (χ1v) is 12.4. The first kappa shape index (κ1) is 21.4. The van der Waals surface area contributed by atoms with Gasteiger partial charge in [-0.1, -0.05) is 51.1 Å². The largest absolute Gasteiger partial charge is 0.369 e. The Bertz CT molecular complexity index is 1160. The summed E-state index contributed by atoms with van der Waals surface area (Å²) in [5, 5.41) is 4.51. The second kappa shape index (κ2) is 7.84. The summed E-state index contributed by atoms with van der Waals surface area (Å²) >= 11 is 1.69. The fourth-order valence-electron chi connectivity index (χ4n) is 6.31. The minimum Gasteiger partial charge on any atom is -0.369 e. The van der Waals surface area contributed by atoms with E-state index in [1.165, 1.54) is 22.4 Å². The highest BCUT2D eigenvalue weighted by molar-refractivity contribution is 7.19. The van der Waals surface area contributed by atoms with Crippen LogP contribution in [0.4, 0.5) is 5.82 Å². The third-order valence-electron chi connectivity index (χ3n) is 7.09. The molecule has 3 aromatic rings. The minimum atomic E-state index is 0.263. The van der Waals surface area contributed by atoms with Gasteiger partial charge in [0.1, 0.15) is 17.0 Å². The number of thiophene rings is 1. The van der Waals surface area contributed by atoms with E-state index in [1.807, 2.05) is 6.07 Å². The lowest BCUT2D eigenvalue weighted by Crippen LogP contribution is -2.38. The molecule has 0 spiro atoms. The van der Waals surface area contributed by atoms with Crippen LogP contribution in [0.3, 0.4) is 0 Å². The Kier molecular flexibility index (Phi) is 5.24. The number of aromatic nitrogens is 2. The molecule has 3 heterocycles. The smallest absolute Gasteiger partial charge is 0.224 e. The molecule has 2 bridgehead atoms. The molecule has 2 aliphatic rings. The average molecular weight is 449 g/mol. The second-order valence-corrected chi connectivity index (χ2v) is 11.9. The van der Waals surface area contributed by atoms with Crippen molar-refractivity contribution in [1.82, 2.24) is 14.9 Å². The molecule has 1 saturated carbocycles. The maximum Gasteiger partial charge on any atom is 0.224 e. The maximum atomic E-state index is 13.1. The van der Waals surface area contributed by atoms with Crippen molar-refractivity contribution in [3.05, 3.63) is 41.5 Å². The summed E-state index contributed by atoms with van der Waals surface area (Å²) in [5.41, 5.74) is 2.95. The lowest BCUT2D eigenvalue weighted by atomic mass is 9.65. The van der Waals surface area contributed by atoms with Crippen molar-refractivity contribution in [1.29, 1.82) is 0 Å². The number of nitrogens with one attached hydrogen (secondary N) is 1. The fraction of sp³-hybridized carbons (Fsp3) is 0.500. The molecule has 2 unspecified atom stereocenters. The predicted octanol–water partition coefficient (Wildman–Crippen LogP) is 5.90. The molecule has 6 heteroatoms. The van der Waals surface area contributed by atoms with Gasteiger partial charge in [0.05, 0.1) is 5.39 Å². The van der Waals surface area contributed by atoms with Crippen molar-refractivity contribution in [2.45, 2.75) is 59.4 Å². The molecular formula is C26H32N4OS. The Morgan fingerprint density at radius 1 is 1.19 bits per heavy atom. The zero-order valence-electron chi connectivity index (χ0n) is 19.4. The standard InChI is InChI=1S/C26H32N4OS/c1-17-21(18-8-6-5-7-9-18)22-23(28-16-29-24(22)32-17)27-11-10-20(31)30-15-26(4)13-19(30)12-25(2,3)14-26/h5-9,16,19H,10-15H2,1-4H3,(H,27,28,29). The van der Waals surface area contributed by atoms with E-state index in [0.29, 0.717) is 24.4 Å². The molecule has 2 aromatic heterocycles. The quantitative estimate of drug-likeness (QED) is 0.528. The van der Waals surface area contributed by atoms with Crippen molar-refractivity contribution >= 4 is 33.3 Å². The van der Waals surface area contributed by atoms with Crippen molar-refractivity contribution in [2.75, 3.05) is 18.4 Å². The summed E-state index contributed by atoms with van der Waals surface area (Å²) in [7, 11) is 0. The van der Waals surface area contributed by atoms with Gasteiger partial charge >= 0.3 is 0 Å². The van der Waals surface area contributed by atoms with Crippen LogP contribution in [0.15, 0.2) is 36.7 Å². The summed E-state index contributed by atoms with van der Waals surface area (Å²) < 4.78 is 0. The fourth-order valence-corrected chi connectivity index (χ4v) is 7.33. The lowest BCUT2D eigenvalue weighted by Gasteiger charge is -2.39. The summed E-state index contributed by atoms with van der Waals surface area (Å²) in [5.74, 6) is 1.08. The zero-order valence-corrected chi connectivity index (χ0v) is 20.3. The van der Waals surface area contributed by atoms with Gasteiger partial charge in [-0.2, -0.15) is 0 Å². The van der Waals surface area contributed by atoms with Gasteiger partial charge in [-0.25, -0.2) is 9.97 Å². The van der Waals surface area contributed by atoms with Crippen LogP contribution in [0.2, 0.25) is 0 Å². The van der Waals surface area contributed by atoms with Gasteiger partial charge < -0.3 is 10.2 Å². The van der Waals surface area contributed by atoms with Crippen molar-refractivity contribution in [3.8, 4) is 11.1 Å². The Balaban J connectivity index is 1.32. The third-order valence-corrected chi connectivity index (χ3v) is 8.11. The molecular weight excluding hydrogens is 416 g/mol. The molecule has 2 fully saturated rings. The number of hydrogen-bond donors (Lipinski definition) is 1. The molecule has 1 amide bonds. The van der Waals surface area contributed by atoms with E-state index in [0.717, 1.165) is 35.4 Å². The molecule has 0 radical (unpaired) electrons. The zero-order chi connectivity index (χ0) is 22.5. The summed E-state index contributed by atoms with van der Waals surface area (Å²) in [6, 6.07) is 10.8. The van der Waals surface area contributed by atoms with Crippen molar-refractivity contribution in [2.24, 2.45) is 10.8 Å². The molecule has 1 aliphatic heterocycles. The lowest BCUT2D eigenvalue weighted by molar-refractivity contribution is -0.132. The molecule has 1 aromatic carbocycles. The molecule has 2 atom stereocenters. The topological polar surface area (TPSA) is 58.1 Å². The summed E-state index contributed by atoms with van der Waals surface area (Å²) in [6.45, 7) is 10.7. The van der Waals surface area contributed by atoms with Crippen LogP contribution < -0.4 is 5.32 Å². The first-order chi connectivity index (χ1) is 15.2.